The monoisotopic (exact) mass is 384 g/mol. The van der Waals surface area contributed by atoms with Crippen LogP contribution in [0, 0.1) is 0 Å². The molecular weight excluding hydrogens is 368 g/mol. The van der Waals surface area contributed by atoms with Crippen molar-refractivity contribution in [2.75, 3.05) is 0 Å². The molecule has 4 rings (SSSR count). The summed E-state index contributed by atoms with van der Waals surface area (Å²) < 4.78 is 0.973. The molecule has 2 aromatic carbocycles. The largest absolute Gasteiger partial charge is 0.325 e. The second-order valence-corrected chi connectivity index (χ2v) is 7.28. The minimum Gasteiger partial charge on any atom is -0.319 e. The van der Waals surface area contributed by atoms with Crippen LogP contribution in [-0.4, -0.2) is 16.8 Å². The van der Waals surface area contributed by atoms with Crippen molar-refractivity contribution in [3.8, 4) is 0 Å². The van der Waals surface area contributed by atoms with Crippen LogP contribution < -0.4 is 5.32 Å². The molecule has 2 aliphatic rings. The molecule has 4 nitrogen and oxygen atoms in total. The van der Waals surface area contributed by atoms with Gasteiger partial charge in [0.2, 0.25) is 0 Å². The smallest absolute Gasteiger partial charge is 0.319 e. The number of nitrogens with one attached hydrogen (secondary N) is 1. The summed E-state index contributed by atoms with van der Waals surface area (Å²) in [5, 5.41) is 2.99. The van der Waals surface area contributed by atoms with E-state index in [1.165, 1.54) is 4.90 Å². The molecule has 1 fully saturated rings. The molecule has 1 N–H and O–H groups in total. The summed E-state index contributed by atoms with van der Waals surface area (Å²) in [6.07, 6.45) is 2.51. The molecule has 0 bridgehead atoms. The van der Waals surface area contributed by atoms with E-state index in [-0.39, 0.29) is 11.9 Å². The van der Waals surface area contributed by atoms with E-state index >= 15 is 0 Å². The molecule has 1 aliphatic carbocycles. The Bertz CT molecular complexity index is 818. The Kier molecular flexibility index (Phi) is 3.68. The lowest BCUT2D eigenvalue weighted by Crippen LogP contribution is -2.46. The molecule has 1 atom stereocenters. The highest BCUT2D eigenvalue weighted by Crippen LogP contribution is 2.40. The number of hydrogen-bond donors (Lipinski definition) is 1. The number of carbonyl (C=O) groups is 2. The standard InChI is InChI=1S/C19H17BrN2O2/c20-15-9-7-13(8-10-15)12-22-17(23)19(21-18(22)24)11-3-5-14-4-1-2-6-16(14)19/h1-2,4,6-10H,3,5,11-12H2,(H,21,24). The topological polar surface area (TPSA) is 49.4 Å². The molecule has 3 amide bonds. The molecule has 1 heterocycles. The zero-order chi connectivity index (χ0) is 16.7. The van der Waals surface area contributed by atoms with E-state index < -0.39 is 5.54 Å². The van der Waals surface area contributed by atoms with Gasteiger partial charge in [-0.1, -0.05) is 52.3 Å². The Morgan fingerprint density at radius 3 is 2.62 bits per heavy atom. The fourth-order valence-corrected chi connectivity index (χ4v) is 3.99. The third-order valence-corrected chi connectivity index (χ3v) is 5.43. The van der Waals surface area contributed by atoms with Crippen LogP contribution in [0.4, 0.5) is 4.79 Å². The molecule has 1 spiro atoms. The van der Waals surface area contributed by atoms with E-state index in [2.05, 4.69) is 21.2 Å². The van der Waals surface area contributed by atoms with E-state index in [4.69, 9.17) is 0 Å². The van der Waals surface area contributed by atoms with Gasteiger partial charge in [-0.25, -0.2) is 4.79 Å². The lowest BCUT2D eigenvalue weighted by molar-refractivity contribution is -0.132. The number of benzene rings is 2. The van der Waals surface area contributed by atoms with Gasteiger partial charge >= 0.3 is 6.03 Å². The number of rotatable bonds is 2. The van der Waals surface area contributed by atoms with Crippen LogP contribution >= 0.6 is 15.9 Å². The van der Waals surface area contributed by atoms with Crippen molar-refractivity contribution >= 4 is 27.9 Å². The molecule has 1 aliphatic heterocycles. The third kappa shape index (κ3) is 2.35. The summed E-state index contributed by atoms with van der Waals surface area (Å²) in [5.74, 6) is -0.137. The summed E-state index contributed by atoms with van der Waals surface area (Å²) in [6.45, 7) is 0.294. The van der Waals surface area contributed by atoms with Gasteiger partial charge in [0.1, 0.15) is 5.54 Å². The SMILES string of the molecule is O=C1NC2(CCCc3ccccc32)C(=O)N1Cc1ccc(Br)cc1. The molecule has 1 saturated heterocycles. The van der Waals surface area contributed by atoms with Gasteiger partial charge in [0, 0.05) is 4.47 Å². The summed E-state index contributed by atoms with van der Waals surface area (Å²) in [4.78, 5) is 27.0. The Morgan fingerprint density at radius 1 is 1.08 bits per heavy atom. The number of halogens is 1. The highest BCUT2D eigenvalue weighted by molar-refractivity contribution is 9.10. The normalized spacial score (nSPS) is 22.6. The molecule has 0 saturated carbocycles. The van der Waals surface area contributed by atoms with Crippen molar-refractivity contribution in [3.05, 3.63) is 69.7 Å². The summed E-state index contributed by atoms with van der Waals surface area (Å²) >= 11 is 3.40. The quantitative estimate of drug-likeness (QED) is 0.801. The van der Waals surface area contributed by atoms with E-state index in [1.54, 1.807) is 0 Å². The lowest BCUT2D eigenvalue weighted by atomic mass is 9.76. The number of nitrogens with zero attached hydrogens (tertiary/aromatic N) is 1. The summed E-state index contributed by atoms with van der Waals surface area (Å²) in [7, 11) is 0. The van der Waals surface area contributed by atoms with Crippen LogP contribution in [-0.2, 0) is 23.3 Å². The first kappa shape index (κ1) is 15.4. The maximum atomic E-state index is 13.2. The first-order valence-electron chi connectivity index (χ1n) is 8.07. The fourth-order valence-electron chi connectivity index (χ4n) is 3.73. The van der Waals surface area contributed by atoms with Crippen LogP contribution in [0.2, 0.25) is 0 Å². The van der Waals surface area contributed by atoms with Crippen LogP contribution in [0.3, 0.4) is 0 Å². The van der Waals surface area contributed by atoms with Crippen LogP contribution in [0.1, 0.15) is 29.5 Å². The van der Waals surface area contributed by atoms with Gasteiger partial charge in [-0.3, -0.25) is 9.69 Å². The van der Waals surface area contributed by atoms with Gasteiger partial charge in [-0.05, 0) is 48.1 Å². The first-order chi connectivity index (χ1) is 11.6. The summed E-state index contributed by atoms with van der Waals surface area (Å²) in [5.41, 5.74) is 2.15. The predicted octanol–water partition coefficient (Wildman–Crippen LogP) is 3.73. The van der Waals surface area contributed by atoms with Crippen molar-refractivity contribution in [2.45, 2.75) is 31.3 Å². The highest BCUT2D eigenvalue weighted by Gasteiger charge is 2.53. The Balaban J connectivity index is 1.68. The van der Waals surface area contributed by atoms with Crippen LogP contribution in [0.25, 0.3) is 0 Å². The number of urea groups is 1. The van der Waals surface area contributed by atoms with Gasteiger partial charge in [0.25, 0.3) is 5.91 Å². The first-order valence-corrected chi connectivity index (χ1v) is 8.86. The molecular formula is C19H17BrN2O2. The van der Waals surface area contributed by atoms with Crippen molar-refractivity contribution in [1.82, 2.24) is 10.2 Å². The number of carbonyl (C=O) groups excluding carboxylic acids is 2. The van der Waals surface area contributed by atoms with E-state index in [1.807, 2.05) is 48.5 Å². The predicted molar refractivity (Wildman–Crippen MR) is 94.3 cm³/mol. The molecule has 2 aromatic rings. The van der Waals surface area contributed by atoms with Crippen molar-refractivity contribution in [1.29, 1.82) is 0 Å². The maximum Gasteiger partial charge on any atom is 0.325 e. The number of fused-ring (bicyclic) bond motifs is 2. The minimum absolute atomic E-state index is 0.137. The molecule has 1 unspecified atom stereocenters. The maximum absolute atomic E-state index is 13.2. The van der Waals surface area contributed by atoms with Gasteiger partial charge < -0.3 is 5.32 Å². The van der Waals surface area contributed by atoms with Crippen LogP contribution in [0.5, 0.6) is 0 Å². The number of amides is 3. The van der Waals surface area contributed by atoms with E-state index in [0.29, 0.717) is 13.0 Å². The Morgan fingerprint density at radius 2 is 1.83 bits per heavy atom. The lowest BCUT2D eigenvalue weighted by Gasteiger charge is -2.33. The van der Waals surface area contributed by atoms with E-state index in [9.17, 15) is 9.59 Å². The molecule has 122 valence electrons. The van der Waals surface area contributed by atoms with Gasteiger partial charge in [0.05, 0.1) is 6.54 Å². The van der Waals surface area contributed by atoms with Crippen molar-refractivity contribution in [2.24, 2.45) is 0 Å². The third-order valence-electron chi connectivity index (χ3n) is 4.90. The van der Waals surface area contributed by atoms with Crippen molar-refractivity contribution < 1.29 is 9.59 Å². The number of hydrogen-bond acceptors (Lipinski definition) is 2. The summed E-state index contributed by atoms with van der Waals surface area (Å²) in [6, 6.07) is 15.3. The number of imide groups is 1. The molecule has 24 heavy (non-hydrogen) atoms. The average molecular weight is 385 g/mol. The van der Waals surface area contributed by atoms with Gasteiger partial charge in [-0.2, -0.15) is 0 Å². The second kappa shape index (κ2) is 5.74. The highest BCUT2D eigenvalue weighted by atomic mass is 79.9. The average Bonchev–Trinajstić information content (AvgIpc) is 2.82. The Labute approximate surface area is 149 Å². The van der Waals surface area contributed by atoms with Crippen LogP contribution in [0.15, 0.2) is 53.0 Å². The van der Waals surface area contributed by atoms with E-state index in [0.717, 1.165) is 34.0 Å². The minimum atomic E-state index is -0.888. The Hall–Kier alpha value is -2.14. The fraction of sp³-hybridized carbons (Fsp3) is 0.263. The second-order valence-electron chi connectivity index (χ2n) is 6.36. The number of aryl methyl sites for hydroxylation is 1. The molecule has 0 aromatic heterocycles. The molecule has 5 heteroatoms. The molecule has 0 radical (unpaired) electrons. The zero-order valence-electron chi connectivity index (χ0n) is 13.1. The van der Waals surface area contributed by atoms with Gasteiger partial charge in [0.15, 0.2) is 0 Å². The van der Waals surface area contributed by atoms with Crippen molar-refractivity contribution in [3.63, 3.8) is 0 Å². The van der Waals surface area contributed by atoms with Gasteiger partial charge in [-0.15, -0.1) is 0 Å². The zero-order valence-corrected chi connectivity index (χ0v) is 14.7.